The summed E-state index contributed by atoms with van der Waals surface area (Å²) in [5, 5.41) is 12.3. The number of benzene rings is 3. The lowest BCUT2D eigenvalue weighted by atomic mass is 9.86. The van der Waals surface area contributed by atoms with E-state index in [4.69, 9.17) is 27.6 Å². The molecule has 40 heavy (non-hydrogen) atoms. The molecular weight excluding hydrogens is 547 g/mol. The molecule has 4 N–H and O–H groups in total. The van der Waals surface area contributed by atoms with E-state index in [0.29, 0.717) is 49.6 Å². The molecule has 7 nitrogen and oxygen atoms in total. The summed E-state index contributed by atoms with van der Waals surface area (Å²) in [5.41, 5.74) is 5.61. The van der Waals surface area contributed by atoms with Crippen molar-refractivity contribution in [2.75, 3.05) is 0 Å². The predicted molar refractivity (Wildman–Crippen MR) is 158 cm³/mol. The Balaban J connectivity index is 1.59. The quantitative estimate of drug-likeness (QED) is 0.167. The summed E-state index contributed by atoms with van der Waals surface area (Å²) in [6.45, 7) is 3.99. The van der Waals surface area contributed by atoms with E-state index in [0.717, 1.165) is 22.3 Å². The molecule has 0 fully saturated rings. The molecule has 0 saturated heterocycles. The van der Waals surface area contributed by atoms with Gasteiger partial charge in [0.15, 0.2) is 0 Å². The topological polar surface area (TPSA) is 110 Å². The van der Waals surface area contributed by atoms with Crippen molar-refractivity contribution in [1.29, 1.82) is 0 Å². The second kappa shape index (κ2) is 10.3. The zero-order chi connectivity index (χ0) is 28.0. The first kappa shape index (κ1) is 25.8. The van der Waals surface area contributed by atoms with Crippen molar-refractivity contribution in [3.05, 3.63) is 138 Å². The first-order valence-corrected chi connectivity index (χ1v) is 13.4. The van der Waals surface area contributed by atoms with Crippen molar-refractivity contribution in [1.82, 2.24) is 20.4 Å². The number of nitrogens with one attached hydrogen (secondary N) is 4. The molecule has 200 valence electrons. The molecule has 0 amide bonds. The minimum atomic E-state index is -0.853. The first-order chi connectivity index (χ1) is 19.3. The maximum atomic E-state index is 13.5. The van der Waals surface area contributed by atoms with Crippen LogP contribution in [-0.4, -0.2) is 20.4 Å². The van der Waals surface area contributed by atoms with E-state index < -0.39 is 5.92 Å². The Labute approximate surface area is 238 Å². The highest BCUT2D eigenvalue weighted by Gasteiger charge is 2.33. The average Bonchev–Trinajstić information content (AvgIpc) is 3.68. The number of aryl methyl sites for hydroxylation is 2. The van der Waals surface area contributed by atoms with Gasteiger partial charge in [0.1, 0.15) is 11.5 Å². The van der Waals surface area contributed by atoms with E-state index in [1.807, 2.05) is 62.4 Å². The number of aromatic nitrogens is 4. The fraction of sp³-hybridized carbons (Fsp3) is 0.0968. The number of rotatable bonds is 6. The second-order valence-electron chi connectivity index (χ2n) is 9.73. The second-order valence-corrected chi connectivity index (χ2v) is 10.5. The molecule has 6 aromatic rings. The number of hydrogen-bond donors (Lipinski definition) is 4. The van der Waals surface area contributed by atoms with Crippen LogP contribution in [0.15, 0.2) is 92.9 Å². The van der Waals surface area contributed by atoms with Crippen LogP contribution in [0.3, 0.4) is 0 Å². The fourth-order valence-electron chi connectivity index (χ4n) is 4.92. The van der Waals surface area contributed by atoms with Gasteiger partial charge in [-0.2, -0.15) is 0 Å². The number of hydrogen-bond acceptors (Lipinski definition) is 3. The van der Waals surface area contributed by atoms with Gasteiger partial charge in [0.25, 0.3) is 11.1 Å². The Morgan fingerprint density at radius 1 is 0.600 bits per heavy atom. The van der Waals surface area contributed by atoms with Crippen molar-refractivity contribution in [3.8, 4) is 33.8 Å². The molecule has 0 radical (unpaired) electrons. The summed E-state index contributed by atoms with van der Waals surface area (Å²) in [5.74, 6) is 0.0818. The van der Waals surface area contributed by atoms with Crippen LogP contribution in [0.1, 0.15) is 33.9 Å². The summed E-state index contributed by atoms with van der Waals surface area (Å²) in [6, 6.07) is 24.4. The van der Waals surface area contributed by atoms with Crippen LogP contribution < -0.4 is 11.1 Å². The molecule has 0 bridgehead atoms. The molecular formula is C31H24Cl2N4O3. The van der Waals surface area contributed by atoms with E-state index in [2.05, 4.69) is 20.4 Å². The van der Waals surface area contributed by atoms with Gasteiger partial charge in [-0.1, -0.05) is 82.9 Å². The number of halogens is 2. The summed E-state index contributed by atoms with van der Waals surface area (Å²) in [4.78, 5) is 26.9. The number of aromatic amines is 4. The molecule has 0 spiro atoms. The SMILES string of the molecule is Cc1ccc(-c2[nH][nH]c(=O)c2C(c2ccc(-c3ccc(Cl)c(Cl)c3)o2)c2c(-c3ccc(C)cc3)[nH][nH]c2=O)cc1. The van der Waals surface area contributed by atoms with Crippen molar-refractivity contribution < 1.29 is 4.42 Å². The number of H-pyrrole nitrogens is 4. The van der Waals surface area contributed by atoms with Crippen LogP contribution in [0.4, 0.5) is 0 Å². The Kier molecular flexibility index (Phi) is 6.62. The molecule has 0 unspecified atom stereocenters. The van der Waals surface area contributed by atoms with E-state index in [9.17, 15) is 9.59 Å². The first-order valence-electron chi connectivity index (χ1n) is 12.6. The van der Waals surface area contributed by atoms with E-state index in [-0.39, 0.29) is 11.1 Å². The van der Waals surface area contributed by atoms with Gasteiger partial charge < -0.3 is 4.42 Å². The minimum Gasteiger partial charge on any atom is -0.460 e. The van der Waals surface area contributed by atoms with Gasteiger partial charge in [-0.05, 0) is 55.3 Å². The lowest BCUT2D eigenvalue weighted by Crippen LogP contribution is -2.19. The van der Waals surface area contributed by atoms with Crippen LogP contribution in [0.5, 0.6) is 0 Å². The van der Waals surface area contributed by atoms with Crippen molar-refractivity contribution in [3.63, 3.8) is 0 Å². The highest BCUT2D eigenvalue weighted by Crippen LogP contribution is 2.40. The van der Waals surface area contributed by atoms with Crippen LogP contribution in [0, 0.1) is 13.8 Å². The van der Waals surface area contributed by atoms with Gasteiger partial charge in [0.2, 0.25) is 0 Å². The molecule has 0 aliphatic heterocycles. The molecule has 3 heterocycles. The summed E-state index contributed by atoms with van der Waals surface area (Å²) in [6.07, 6.45) is 0. The van der Waals surface area contributed by atoms with Crippen molar-refractivity contribution in [2.45, 2.75) is 19.8 Å². The molecule has 3 aromatic carbocycles. The van der Waals surface area contributed by atoms with Crippen molar-refractivity contribution in [2.24, 2.45) is 0 Å². The van der Waals surface area contributed by atoms with E-state index >= 15 is 0 Å². The third kappa shape index (κ3) is 4.63. The standard InChI is InChI=1S/C31H24Cl2N4O3/c1-16-3-7-18(8-4-16)28-26(30(38)36-34-28)25(24-14-13-23(40-24)20-11-12-21(32)22(33)15-20)27-29(35-37-31(27)39)19-9-5-17(2)6-10-19/h3-15,25H,1-2H3,(H2,34,36,38)(H2,35,37,39). The molecule has 0 saturated carbocycles. The molecule has 0 aliphatic rings. The third-order valence-electron chi connectivity index (χ3n) is 7.00. The van der Waals surface area contributed by atoms with Crippen LogP contribution in [-0.2, 0) is 0 Å². The van der Waals surface area contributed by atoms with Gasteiger partial charge >= 0.3 is 0 Å². The average molecular weight is 571 g/mol. The number of furan rings is 1. The smallest absolute Gasteiger partial charge is 0.268 e. The molecule has 3 aromatic heterocycles. The summed E-state index contributed by atoms with van der Waals surface area (Å²) >= 11 is 12.4. The predicted octanol–water partition coefficient (Wildman–Crippen LogP) is 7.42. The minimum absolute atomic E-state index is 0.358. The van der Waals surface area contributed by atoms with Gasteiger partial charge in [-0.25, -0.2) is 0 Å². The van der Waals surface area contributed by atoms with Gasteiger partial charge in [0.05, 0.1) is 38.5 Å². The summed E-state index contributed by atoms with van der Waals surface area (Å²) in [7, 11) is 0. The van der Waals surface area contributed by atoms with Gasteiger partial charge in [-0.15, -0.1) is 0 Å². The maximum Gasteiger partial charge on any atom is 0.268 e. The molecule has 0 atom stereocenters. The Morgan fingerprint density at radius 3 is 1.60 bits per heavy atom. The van der Waals surface area contributed by atoms with Crippen LogP contribution in [0.2, 0.25) is 10.0 Å². The largest absolute Gasteiger partial charge is 0.460 e. The summed E-state index contributed by atoms with van der Waals surface area (Å²) < 4.78 is 6.37. The molecule has 6 rings (SSSR count). The van der Waals surface area contributed by atoms with E-state index in [1.54, 1.807) is 30.3 Å². The molecule has 0 aliphatic carbocycles. The Hall–Kier alpha value is -4.46. The van der Waals surface area contributed by atoms with Gasteiger partial charge in [-0.3, -0.25) is 30.0 Å². The van der Waals surface area contributed by atoms with Crippen molar-refractivity contribution >= 4 is 23.2 Å². The zero-order valence-corrected chi connectivity index (χ0v) is 23.1. The highest BCUT2D eigenvalue weighted by molar-refractivity contribution is 6.42. The Morgan fingerprint density at radius 2 is 1.10 bits per heavy atom. The normalized spacial score (nSPS) is 11.4. The van der Waals surface area contributed by atoms with Crippen LogP contribution >= 0.6 is 23.2 Å². The van der Waals surface area contributed by atoms with E-state index in [1.165, 1.54) is 0 Å². The maximum absolute atomic E-state index is 13.5. The third-order valence-corrected chi connectivity index (χ3v) is 7.74. The monoisotopic (exact) mass is 570 g/mol. The molecule has 9 heteroatoms. The Bertz CT molecular complexity index is 1840. The lowest BCUT2D eigenvalue weighted by Gasteiger charge is -2.15. The highest BCUT2D eigenvalue weighted by atomic mass is 35.5. The van der Waals surface area contributed by atoms with Crippen LogP contribution in [0.25, 0.3) is 33.8 Å². The zero-order valence-electron chi connectivity index (χ0n) is 21.6. The fourth-order valence-corrected chi connectivity index (χ4v) is 5.22. The lowest BCUT2D eigenvalue weighted by molar-refractivity contribution is 0.515. The van der Waals surface area contributed by atoms with Gasteiger partial charge in [0, 0.05) is 5.56 Å².